The van der Waals surface area contributed by atoms with Gasteiger partial charge in [-0.05, 0) is 40.6 Å². The van der Waals surface area contributed by atoms with Gasteiger partial charge in [-0.1, -0.05) is 31.2 Å². The lowest BCUT2D eigenvalue weighted by Gasteiger charge is -2.11. The van der Waals surface area contributed by atoms with Crippen LogP contribution in [0.1, 0.15) is 25.6 Å². The summed E-state index contributed by atoms with van der Waals surface area (Å²) in [7, 11) is 0. The lowest BCUT2D eigenvalue weighted by Crippen LogP contribution is -2.17. The van der Waals surface area contributed by atoms with E-state index in [4.69, 9.17) is 5.73 Å². The van der Waals surface area contributed by atoms with Crippen LogP contribution in [0.4, 0.5) is 0 Å². The molecule has 1 unspecified atom stereocenters. The zero-order valence-corrected chi connectivity index (χ0v) is 12.0. The van der Waals surface area contributed by atoms with E-state index >= 15 is 0 Å². The number of aromatic nitrogens is 3. The summed E-state index contributed by atoms with van der Waals surface area (Å²) in [5.74, 6) is 0.356. The van der Waals surface area contributed by atoms with Crippen molar-refractivity contribution in [1.29, 1.82) is 0 Å². The summed E-state index contributed by atoms with van der Waals surface area (Å²) in [6.07, 6.45) is 1.90. The van der Waals surface area contributed by atoms with Crippen LogP contribution in [0.5, 0.6) is 0 Å². The smallest absolute Gasteiger partial charge is 0.100 e. The van der Waals surface area contributed by atoms with E-state index < -0.39 is 0 Å². The summed E-state index contributed by atoms with van der Waals surface area (Å²) in [5, 5.41) is 8.27. The monoisotopic (exact) mass is 342 g/mol. The molecule has 0 aliphatic rings. The van der Waals surface area contributed by atoms with E-state index in [1.54, 1.807) is 4.68 Å². The van der Waals surface area contributed by atoms with Gasteiger partial charge < -0.3 is 5.73 Å². The molecule has 0 amide bonds. The van der Waals surface area contributed by atoms with Crippen molar-refractivity contribution in [3.05, 3.63) is 39.7 Å². The topological polar surface area (TPSA) is 56.7 Å². The Morgan fingerprint density at radius 1 is 1.29 bits per heavy atom. The maximum absolute atomic E-state index is 6.05. The van der Waals surface area contributed by atoms with Gasteiger partial charge in [-0.2, -0.15) is 0 Å². The average Bonchev–Trinajstić information content (AvgIpc) is 2.77. The molecule has 1 aromatic carbocycles. The average molecular weight is 342 g/mol. The number of rotatable bonds is 3. The molecule has 90 valence electrons. The van der Waals surface area contributed by atoms with Crippen LogP contribution < -0.4 is 5.73 Å². The highest BCUT2D eigenvalue weighted by atomic mass is 127. The Morgan fingerprint density at radius 3 is 2.65 bits per heavy atom. The number of benzene rings is 1. The van der Waals surface area contributed by atoms with E-state index in [1.807, 2.05) is 30.5 Å². The number of hydrogen-bond acceptors (Lipinski definition) is 3. The minimum atomic E-state index is -0.0647. The summed E-state index contributed by atoms with van der Waals surface area (Å²) in [6, 6.07) is 7.98. The minimum absolute atomic E-state index is 0.0647. The Balaban J connectivity index is 2.34. The lowest BCUT2D eigenvalue weighted by atomic mass is 10.0. The van der Waals surface area contributed by atoms with E-state index in [9.17, 15) is 0 Å². The van der Waals surface area contributed by atoms with Gasteiger partial charge in [0.05, 0.1) is 17.9 Å². The van der Waals surface area contributed by atoms with Crippen molar-refractivity contribution in [3.63, 3.8) is 0 Å². The quantitative estimate of drug-likeness (QED) is 0.872. The lowest BCUT2D eigenvalue weighted by molar-refractivity contribution is 0.502. The Bertz CT molecular complexity index is 507. The number of nitrogens with two attached hydrogens (primary N) is 1. The maximum Gasteiger partial charge on any atom is 0.100 e. The van der Waals surface area contributed by atoms with Gasteiger partial charge >= 0.3 is 0 Å². The van der Waals surface area contributed by atoms with Crippen LogP contribution in [0.25, 0.3) is 5.69 Å². The number of halogens is 1. The zero-order valence-electron chi connectivity index (χ0n) is 9.84. The van der Waals surface area contributed by atoms with Gasteiger partial charge in [0.2, 0.25) is 0 Å². The predicted octanol–water partition coefficient (Wildman–Crippen LogP) is 2.53. The largest absolute Gasteiger partial charge is 0.322 e. The Kier molecular flexibility index (Phi) is 3.78. The number of hydrogen-bond donors (Lipinski definition) is 1. The molecule has 4 nitrogen and oxygen atoms in total. The maximum atomic E-state index is 6.05. The molecule has 0 saturated carbocycles. The first-order valence-electron chi connectivity index (χ1n) is 5.52. The molecule has 0 saturated heterocycles. The molecule has 0 radical (unpaired) electrons. The van der Waals surface area contributed by atoms with E-state index in [1.165, 1.54) is 0 Å². The molecular weight excluding hydrogens is 327 g/mol. The van der Waals surface area contributed by atoms with Crippen LogP contribution >= 0.6 is 22.6 Å². The zero-order chi connectivity index (χ0) is 12.4. The van der Waals surface area contributed by atoms with Gasteiger partial charge in [0.1, 0.15) is 5.69 Å². The fraction of sp³-hybridized carbons (Fsp3) is 0.333. The fourth-order valence-corrected chi connectivity index (χ4v) is 2.16. The predicted molar refractivity (Wildman–Crippen MR) is 75.8 cm³/mol. The van der Waals surface area contributed by atoms with Gasteiger partial charge in [0, 0.05) is 3.57 Å². The standard InChI is InChI=1S/C12H15IN4/c1-8(2)12(14)10-7-17(16-15-10)11-6-4-3-5-9(11)13/h3-8,12H,14H2,1-2H3. The van der Waals surface area contributed by atoms with Crippen LogP contribution in [-0.2, 0) is 0 Å². The van der Waals surface area contributed by atoms with E-state index in [-0.39, 0.29) is 6.04 Å². The second-order valence-electron chi connectivity index (χ2n) is 4.31. The van der Waals surface area contributed by atoms with Crippen molar-refractivity contribution in [2.45, 2.75) is 19.9 Å². The summed E-state index contributed by atoms with van der Waals surface area (Å²) < 4.78 is 2.92. The third-order valence-corrected chi connectivity index (χ3v) is 3.58. The summed E-state index contributed by atoms with van der Waals surface area (Å²) in [6.45, 7) is 4.16. The minimum Gasteiger partial charge on any atom is -0.322 e. The van der Waals surface area contributed by atoms with Crippen LogP contribution in [0.2, 0.25) is 0 Å². The molecule has 0 aliphatic carbocycles. The highest BCUT2D eigenvalue weighted by Crippen LogP contribution is 2.19. The second kappa shape index (κ2) is 5.14. The van der Waals surface area contributed by atoms with Gasteiger partial charge in [0.15, 0.2) is 0 Å². The summed E-state index contributed by atoms with van der Waals surface area (Å²) >= 11 is 2.28. The van der Waals surface area contributed by atoms with Crippen LogP contribution in [0.15, 0.2) is 30.5 Å². The molecule has 0 fully saturated rings. The Labute approximate surface area is 114 Å². The molecule has 0 aliphatic heterocycles. The highest BCUT2D eigenvalue weighted by molar-refractivity contribution is 14.1. The molecule has 1 aromatic heterocycles. The van der Waals surface area contributed by atoms with Crippen LogP contribution in [0.3, 0.4) is 0 Å². The molecule has 0 spiro atoms. The van der Waals surface area contributed by atoms with Gasteiger partial charge in [-0.25, -0.2) is 4.68 Å². The first-order valence-corrected chi connectivity index (χ1v) is 6.60. The Morgan fingerprint density at radius 2 is 2.00 bits per heavy atom. The second-order valence-corrected chi connectivity index (χ2v) is 5.47. The fourth-order valence-electron chi connectivity index (χ4n) is 1.53. The molecule has 5 heteroatoms. The normalized spacial score (nSPS) is 13.0. The molecule has 1 heterocycles. The van der Waals surface area contributed by atoms with Crippen molar-refractivity contribution in [1.82, 2.24) is 15.0 Å². The van der Waals surface area contributed by atoms with E-state index in [0.717, 1.165) is 15.0 Å². The van der Waals surface area contributed by atoms with Crippen molar-refractivity contribution < 1.29 is 0 Å². The number of nitrogens with zero attached hydrogens (tertiary/aromatic N) is 3. The SMILES string of the molecule is CC(C)C(N)c1cn(-c2ccccc2I)nn1. The van der Waals surface area contributed by atoms with Crippen molar-refractivity contribution in [3.8, 4) is 5.69 Å². The van der Waals surface area contributed by atoms with Crippen LogP contribution in [-0.4, -0.2) is 15.0 Å². The van der Waals surface area contributed by atoms with Gasteiger partial charge in [-0.15, -0.1) is 5.10 Å². The molecular formula is C12H15IN4. The summed E-state index contributed by atoms with van der Waals surface area (Å²) in [5.41, 5.74) is 7.91. The molecule has 17 heavy (non-hydrogen) atoms. The molecule has 0 bridgehead atoms. The van der Waals surface area contributed by atoms with Gasteiger partial charge in [0.25, 0.3) is 0 Å². The first-order chi connectivity index (χ1) is 8.09. The molecule has 2 aromatic rings. The highest BCUT2D eigenvalue weighted by Gasteiger charge is 2.15. The summed E-state index contributed by atoms with van der Waals surface area (Å²) in [4.78, 5) is 0. The van der Waals surface area contributed by atoms with Crippen molar-refractivity contribution in [2.24, 2.45) is 11.7 Å². The third kappa shape index (κ3) is 2.66. The molecule has 1 atom stereocenters. The van der Waals surface area contributed by atoms with Gasteiger partial charge in [-0.3, -0.25) is 0 Å². The third-order valence-electron chi connectivity index (χ3n) is 2.67. The molecule has 2 rings (SSSR count). The van der Waals surface area contributed by atoms with Crippen LogP contribution in [0, 0.1) is 9.49 Å². The van der Waals surface area contributed by atoms with E-state index in [2.05, 4.69) is 46.8 Å². The number of para-hydroxylation sites is 1. The van der Waals surface area contributed by atoms with Crippen molar-refractivity contribution >= 4 is 22.6 Å². The van der Waals surface area contributed by atoms with E-state index in [0.29, 0.717) is 5.92 Å². The first kappa shape index (κ1) is 12.5. The Hall–Kier alpha value is -0.950. The van der Waals surface area contributed by atoms with Crippen molar-refractivity contribution in [2.75, 3.05) is 0 Å². The molecule has 2 N–H and O–H groups in total.